The second-order valence-electron chi connectivity index (χ2n) is 7.75. The number of carbonyl (C=O) groups is 1. The van der Waals surface area contributed by atoms with E-state index in [0.29, 0.717) is 31.0 Å². The number of fused-ring (bicyclic) bond motifs is 1. The number of para-hydroxylation sites is 3. The Balaban J connectivity index is 1.36. The maximum Gasteiger partial charge on any atom is 0.255 e. The molecular formula is C27H29N3O4. The molecule has 0 saturated heterocycles. The lowest BCUT2D eigenvalue weighted by Crippen LogP contribution is -2.25. The van der Waals surface area contributed by atoms with Gasteiger partial charge in [0.25, 0.3) is 5.91 Å². The first-order chi connectivity index (χ1) is 16.7. The molecule has 0 atom stereocenters. The number of hydrogen-bond donors (Lipinski definition) is 1. The molecule has 0 spiro atoms. The summed E-state index contributed by atoms with van der Waals surface area (Å²) < 4.78 is 18.6. The fourth-order valence-corrected chi connectivity index (χ4v) is 3.87. The van der Waals surface area contributed by atoms with Gasteiger partial charge in [0.15, 0.2) is 0 Å². The first kappa shape index (κ1) is 23.2. The van der Waals surface area contributed by atoms with Crippen LogP contribution in [0.2, 0.25) is 0 Å². The average molecular weight is 460 g/mol. The number of aromatic nitrogens is 2. The van der Waals surface area contributed by atoms with Crippen molar-refractivity contribution >= 4 is 16.9 Å². The van der Waals surface area contributed by atoms with E-state index in [-0.39, 0.29) is 5.91 Å². The number of ether oxygens (including phenoxy) is 3. The van der Waals surface area contributed by atoms with Crippen molar-refractivity contribution in [3.05, 3.63) is 84.2 Å². The van der Waals surface area contributed by atoms with Gasteiger partial charge in [0.05, 0.1) is 37.4 Å². The van der Waals surface area contributed by atoms with Gasteiger partial charge in [-0.3, -0.25) is 4.79 Å². The number of benzene rings is 3. The SMILES string of the molecule is COc1ccc(OCCn2c(CCCNC(=O)c3ccccc3OC)nc3ccccc32)cc1. The molecular weight excluding hydrogens is 430 g/mol. The van der Waals surface area contributed by atoms with Crippen LogP contribution in [-0.2, 0) is 13.0 Å². The third kappa shape index (κ3) is 5.49. The highest BCUT2D eigenvalue weighted by Crippen LogP contribution is 2.20. The summed E-state index contributed by atoms with van der Waals surface area (Å²) in [6.07, 6.45) is 1.51. The molecule has 1 N–H and O–H groups in total. The van der Waals surface area contributed by atoms with Gasteiger partial charge in [-0.25, -0.2) is 4.98 Å². The van der Waals surface area contributed by atoms with E-state index in [1.165, 1.54) is 0 Å². The number of amides is 1. The largest absolute Gasteiger partial charge is 0.497 e. The molecule has 7 heteroatoms. The van der Waals surface area contributed by atoms with Crippen LogP contribution in [0.15, 0.2) is 72.8 Å². The van der Waals surface area contributed by atoms with Gasteiger partial charge in [-0.05, 0) is 55.0 Å². The summed E-state index contributed by atoms with van der Waals surface area (Å²) in [4.78, 5) is 17.3. The predicted octanol–water partition coefficient (Wildman–Crippen LogP) is 4.50. The van der Waals surface area contributed by atoms with Crippen LogP contribution in [-0.4, -0.2) is 42.8 Å². The zero-order valence-corrected chi connectivity index (χ0v) is 19.5. The Kier molecular flexibility index (Phi) is 7.65. The summed E-state index contributed by atoms with van der Waals surface area (Å²) in [6.45, 7) is 1.74. The van der Waals surface area contributed by atoms with Gasteiger partial charge >= 0.3 is 0 Å². The van der Waals surface area contributed by atoms with E-state index in [1.54, 1.807) is 26.4 Å². The van der Waals surface area contributed by atoms with Crippen molar-refractivity contribution in [1.29, 1.82) is 0 Å². The van der Waals surface area contributed by atoms with Gasteiger partial charge < -0.3 is 24.1 Å². The highest BCUT2D eigenvalue weighted by molar-refractivity contribution is 5.96. The highest BCUT2D eigenvalue weighted by atomic mass is 16.5. The molecule has 3 aromatic carbocycles. The van der Waals surface area contributed by atoms with Crippen LogP contribution in [0.5, 0.6) is 17.2 Å². The minimum absolute atomic E-state index is 0.140. The Morgan fingerprint density at radius 2 is 1.65 bits per heavy atom. The summed E-state index contributed by atoms with van der Waals surface area (Å²) >= 11 is 0. The highest BCUT2D eigenvalue weighted by Gasteiger charge is 2.13. The van der Waals surface area contributed by atoms with E-state index in [0.717, 1.165) is 41.2 Å². The molecule has 7 nitrogen and oxygen atoms in total. The number of carbonyl (C=O) groups excluding carboxylic acids is 1. The number of hydrogen-bond acceptors (Lipinski definition) is 5. The van der Waals surface area contributed by atoms with Gasteiger partial charge in [-0.1, -0.05) is 24.3 Å². The second-order valence-corrected chi connectivity index (χ2v) is 7.75. The molecule has 4 aromatic rings. The van der Waals surface area contributed by atoms with E-state index in [2.05, 4.69) is 16.0 Å². The third-order valence-electron chi connectivity index (χ3n) is 5.59. The van der Waals surface area contributed by atoms with Gasteiger partial charge in [0, 0.05) is 13.0 Å². The predicted molar refractivity (Wildman–Crippen MR) is 132 cm³/mol. The maximum atomic E-state index is 12.5. The van der Waals surface area contributed by atoms with Crippen molar-refractivity contribution in [1.82, 2.24) is 14.9 Å². The smallest absolute Gasteiger partial charge is 0.255 e. The van der Waals surface area contributed by atoms with Gasteiger partial charge in [0.1, 0.15) is 29.7 Å². The van der Waals surface area contributed by atoms with Gasteiger partial charge in [0.2, 0.25) is 0 Å². The minimum atomic E-state index is -0.140. The molecule has 1 amide bonds. The minimum Gasteiger partial charge on any atom is -0.497 e. The summed E-state index contributed by atoms with van der Waals surface area (Å²) in [5.74, 6) is 3.00. The molecule has 0 unspecified atom stereocenters. The molecule has 176 valence electrons. The van der Waals surface area contributed by atoms with Crippen LogP contribution >= 0.6 is 0 Å². The zero-order valence-electron chi connectivity index (χ0n) is 19.5. The summed E-state index contributed by atoms with van der Waals surface area (Å²) in [5, 5.41) is 2.98. The van der Waals surface area contributed by atoms with Crippen LogP contribution in [0.25, 0.3) is 11.0 Å². The van der Waals surface area contributed by atoms with E-state index in [4.69, 9.17) is 19.2 Å². The Morgan fingerprint density at radius 3 is 2.44 bits per heavy atom. The number of aryl methyl sites for hydroxylation is 1. The lowest BCUT2D eigenvalue weighted by molar-refractivity contribution is 0.0950. The van der Waals surface area contributed by atoms with Gasteiger partial charge in [-0.15, -0.1) is 0 Å². The molecule has 0 radical (unpaired) electrons. The van der Waals surface area contributed by atoms with Crippen LogP contribution in [0.3, 0.4) is 0 Å². The summed E-state index contributed by atoms with van der Waals surface area (Å²) in [6, 6.07) is 22.9. The lowest BCUT2D eigenvalue weighted by Gasteiger charge is -2.12. The Bertz CT molecular complexity index is 1230. The number of imidazole rings is 1. The van der Waals surface area contributed by atoms with E-state index < -0.39 is 0 Å². The number of nitrogens with zero attached hydrogens (tertiary/aromatic N) is 2. The summed E-state index contributed by atoms with van der Waals surface area (Å²) in [7, 11) is 3.21. The van der Waals surface area contributed by atoms with Crippen LogP contribution in [0, 0.1) is 0 Å². The third-order valence-corrected chi connectivity index (χ3v) is 5.59. The fourth-order valence-electron chi connectivity index (χ4n) is 3.87. The fraction of sp³-hybridized carbons (Fsp3) is 0.259. The normalized spacial score (nSPS) is 10.8. The lowest BCUT2D eigenvalue weighted by atomic mass is 10.2. The van der Waals surface area contributed by atoms with Crippen LogP contribution < -0.4 is 19.5 Å². The monoisotopic (exact) mass is 459 g/mol. The number of methoxy groups -OCH3 is 2. The Morgan fingerprint density at radius 1 is 0.912 bits per heavy atom. The molecule has 1 heterocycles. The van der Waals surface area contributed by atoms with Crippen molar-refractivity contribution in [2.24, 2.45) is 0 Å². The first-order valence-electron chi connectivity index (χ1n) is 11.3. The van der Waals surface area contributed by atoms with Crippen molar-refractivity contribution < 1.29 is 19.0 Å². The topological polar surface area (TPSA) is 74.6 Å². The standard InChI is InChI=1S/C27H29N3O4/c1-32-20-13-15-21(16-14-20)34-19-18-30-24-10-5-4-9-23(24)29-26(30)12-7-17-28-27(31)22-8-3-6-11-25(22)33-2/h3-6,8-11,13-16H,7,12,17-19H2,1-2H3,(H,28,31). The molecule has 1 aromatic heterocycles. The second kappa shape index (κ2) is 11.2. The quantitative estimate of drug-likeness (QED) is 0.335. The van der Waals surface area contributed by atoms with Crippen LogP contribution in [0.4, 0.5) is 0 Å². The molecule has 0 bridgehead atoms. The summed E-state index contributed by atoms with van der Waals surface area (Å²) in [5.41, 5.74) is 2.57. The van der Waals surface area contributed by atoms with E-state index in [1.807, 2.05) is 54.6 Å². The number of nitrogens with one attached hydrogen (secondary N) is 1. The molecule has 0 aliphatic carbocycles. The van der Waals surface area contributed by atoms with Crippen LogP contribution in [0.1, 0.15) is 22.6 Å². The number of rotatable bonds is 11. The van der Waals surface area contributed by atoms with Crippen molar-refractivity contribution in [3.63, 3.8) is 0 Å². The van der Waals surface area contributed by atoms with E-state index in [9.17, 15) is 4.79 Å². The van der Waals surface area contributed by atoms with Gasteiger partial charge in [-0.2, -0.15) is 0 Å². The van der Waals surface area contributed by atoms with Crippen molar-refractivity contribution in [2.75, 3.05) is 27.4 Å². The van der Waals surface area contributed by atoms with E-state index >= 15 is 0 Å². The average Bonchev–Trinajstić information content (AvgIpc) is 3.24. The molecule has 0 saturated carbocycles. The Hall–Kier alpha value is -4.00. The van der Waals surface area contributed by atoms with Crippen molar-refractivity contribution in [2.45, 2.75) is 19.4 Å². The first-order valence-corrected chi connectivity index (χ1v) is 11.3. The van der Waals surface area contributed by atoms with Crippen molar-refractivity contribution in [3.8, 4) is 17.2 Å². The molecule has 0 aliphatic rings. The molecule has 34 heavy (non-hydrogen) atoms. The Labute approximate surface area is 199 Å². The molecule has 0 aliphatic heterocycles. The zero-order chi connectivity index (χ0) is 23.8. The molecule has 4 rings (SSSR count). The maximum absolute atomic E-state index is 12.5. The molecule has 0 fully saturated rings.